The summed E-state index contributed by atoms with van der Waals surface area (Å²) in [4.78, 5) is 22.7. The van der Waals surface area contributed by atoms with Crippen LogP contribution in [0.2, 0.25) is 0 Å². The van der Waals surface area contributed by atoms with E-state index in [1.807, 2.05) is 6.07 Å². The molecule has 1 amide bonds. The number of carbonyl (C=O) groups excluding carboxylic acids is 1. The largest absolute Gasteiger partial charge is 0.479 e. The molecule has 0 heterocycles. The highest BCUT2D eigenvalue weighted by molar-refractivity contribution is 5.94. The zero-order valence-corrected chi connectivity index (χ0v) is 11.3. The molecule has 0 radical (unpaired) electrons. The number of carboxylic acid groups (broad SMARTS) is 1. The Morgan fingerprint density at radius 3 is 2.45 bits per heavy atom. The van der Waals surface area contributed by atoms with Crippen LogP contribution in [0.4, 0.5) is 0 Å². The number of nitriles is 1. The molecule has 2 atom stereocenters. The van der Waals surface area contributed by atoms with Gasteiger partial charge in [-0.1, -0.05) is 0 Å². The van der Waals surface area contributed by atoms with E-state index in [0.29, 0.717) is 11.1 Å². The summed E-state index contributed by atoms with van der Waals surface area (Å²) in [5.41, 5.74) is 0.889. The molecule has 0 aliphatic heterocycles. The van der Waals surface area contributed by atoms with Crippen LogP contribution in [0.1, 0.15) is 29.3 Å². The minimum atomic E-state index is -1.06. The molecule has 1 rings (SSSR count). The lowest BCUT2D eigenvalue weighted by Gasteiger charge is -2.17. The van der Waals surface area contributed by atoms with Gasteiger partial charge in [0.1, 0.15) is 0 Å². The summed E-state index contributed by atoms with van der Waals surface area (Å²) < 4.78 is 4.81. The Labute approximate surface area is 117 Å². The molecule has 0 aliphatic carbocycles. The smallest absolute Gasteiger partial charge is 0.332 e. The van der Waals surface area contributed by atoms with Gasteiger partial charge in [0.15, 0.2) is 6.10 Å². The molecule has 6 nitrogen and oxygen atoms in total. The Morgan fingerprint density at radius 1 is 1.40 bits per heavy atom. The second-order valence-electron chi connectivity index (χ2n) is 4.36. The summed E-state index contributed by atoms with van der Waals surface area (Å²) in [7, 11) is 1.31. The van der Waals surface area contributed by atoms with Crippen LogP contribution in [0.5, 0.6) is 0 Å². The first-order valence-corrected chi connectivity index (χ1v) is 6.04. The molecular formula is C14H16N2O4. The molecule has 0 fully saturated rings. The molecule has 106 valence electrons. The van der Waals surface area contributed by atoms with E-state index in [1.165, 1.54) is 7.11 Å². The predicted octanol–water partition coefficient (Wildman–Crippen LogP) is 1.17. The standard InChI is InChI=1S/C14H16N2O4/c1-9(7-12(20-2)14(18)19)16-13(17)11-5-3-10(8-15)4-6-11/h3-6,9,12H,7H2,1-2H3,(H,16,17)(H,18,19)/t9-,12?/m0/s1. The molecule has 1 unspecified atom stereocenters. The van der Waals surface area contributed by atoms with Gasteiger partial charge in [-0.2, -0.15) is 5.26 Å². The topological polar surface area (TPSA) is 99.4 Å². The van der Waals surface area contributed by atoms with Crippen LogP contribution in [-0.2, 0) is 9.53 Å². The highest BCUT2D eigenvalue weighted by Gasteiger charge is 2.21. The molecule has 1 aromatic carbocycles. The molecule has 0 aliphatic rings. The number of hydrogen-bond acceptors (Lipinski definition) is 4. The number of rotatable bonds is 6. The molecule has 0 spiro atoms. The van der Waals surface area contributed by atoms with Gasteiger partial charge in [0, 0.05) is 25.1 Å². The van der Waals surface area contributed by atoms with Crippen LogP contribution < -0.4 is 5.32 Å². The first-order chi connectivity index (χ1) is 9.47. The average Bonchev–Trinajstić information content (AvgIpc) is 2.44. The van der Waals surface area contributed by atoms with Crippen molar-refractivity contribution in [3.8, 4) is 6.07 Å². The highest BCUT2D eigenvalue weighted by Crippen LogP contribution is 2.06. The molecular weight excluding hydrogens is 260 g/mol. The van der Waals surface area contributed by atoms with Gasteiger partial charge in [0.25, 0.3) is 5.91 Å². The van der Waals surface area contributed by atoms with Gasteiger partial charge < -0.3 is 15.2 Å². The molecule has 20 heavy (non-hydrogen) atoms. The average molecular weight is 276 g/mol. The third-order valence-electron chi connectivity index (χ3n) is 2.78. The summed E-state index contributed by atoms with van der Waals surface area (Å²) in [5.74, 6) is -1.38. The summed E-state index contributed by atoms with van der Waals surface area (Å²) in [6, 6.07) is 7.81. The van der Waals surface area contributed by atoms with Crippen LogP contribution in [0.3, 0.4) is 0 Å². The number of nitrogens with one attached hydrogen (secondary N) is 1. The number of methoxy groups -OCH3 is 1. The number of amides is 1. The van der Waals surface area contributed by atoms with Gasteiger partial charge >= 0.3 is 5.97 Å². The number of benzene rings is 1. The molecule has 0 saturated heterocycles. The quantitative estimate of drug-likeness (QED) is 0.812. The van der Waals surface area contributed by atoms with Crippen molar-refractivity contribution in [2.45, 2.75) is 25.5 Å². The number of nitrogens with zero attached hydrogens (tertiary/aromatic N) is 1. The van der Waals surface area contributed by atoms with Gasteiger partial charge in [0.05, 0.1) is 11.6 Å². The second-order valence-corrected chi connectivity index (χ2v) is 4.36. The Kier molecular flexibility index (Phi) is 5.69. The zero-order valence-electron chi connectivity index (χ0n) is 11.3. The van der Waals surface area contributed by atoms with Crippen molar-refractivity contribution in [2.24, 2.45) is 0 Å². The van der Waals surface area contributed by atoms with Gasteiger partial charge in [-0.15, -0.1) is 0 Å². The van der Waals surface area contributed by atoms with E-state index >= 15 is 0 Å². The Morgan fingerprint density at radius 2 is 2.00 bits per heavy atom. The van der Waals surface area contributed by atoms with E-state index in [1.54, 1.807) is 31.2 Å². The second kappa shape index (κ2) is 7.26. The van der Waals surface area contributed by atoms with E-state index in [0.717, 1.165) is 0 Å². The van der Waals surface area contributed by atoms with Crippen LogP contribution in [0, 0.1) is 11.3 Å². The molecule has 6 heteroatoms. The number of aliphatic carboxylic acids is 1. The van der Waals surface area contributed by atoms with Gasteiger partial charge in [0.2, 0.25) is 0 Å². The molecule has 2 N–H and O–H groups in total. The molecule has 1 aromatic rings. The van der Waals surface area contributed by atoms with Crippen molar-refractivity contribution in [1.82, 2.24) is 5.32 Å². The van der Waals surface area contributed by atoms with Gasteiger partial charge in [-0.05, 0) is 31.2 Å². The lowest BCUT2D eigenvalue weighted by molar-refractivity contribution is -0.149. The predicted molar refractivity (Wildman–Crippen MR) is 71.1 cm³/mol. The highest BCUT2D eigenvalue weighted by atomic mass is 16.5. The Hall–Kier alpha value is -2.39. The summed E-state index contributed by atoms with van der Waals surface area (Å²) in [6.07, 6.45) is -0.778. The molecule has 0 saturated carbocycles. The van der Waals surface area contributed by atoms with E-state index in [-0.39, 0.29) is 18.4 Å². The minimum absolute atomic E-state index is 0.174. The summed E-state index contributed by atoms with van der Waals surface area (Å²) in [6.45, 7) is 1.70. The van der Waals surface area contributed by atoms with E-state index in [4.69, 9.17) is 15.1 Å². The maximum absolute atomic E-state index is 11.9. The third-order valence-corrected chi connectivity index (χ3v) is 2.78. The molecule has 0 aromatic heterocycles. The van der Waals surface area contributed by atoms with E-state index in [9.17, 15) is 9.59 Å². The van der Waals surface area contributed by atoms with Crippen molar-refractivity contribution >= 4 is 11.9 Å². The SMILES string of the molecule is COC(C[C@H](C)NC(=O)c1ccc(C#N)cc1)C(=O)O. The van der Waals surface area contributed by atoms with Gasteiger partial charge in [-0.25, -0.2) is 4.79 Å². The van der Waals surface area contributed by atoms with Crippen molar-refractivity contribution in [3.63, 3.8) is 0 Å². The first kappa shape index (κ1) is 15.7. The minimum Gasteiger partial charge on any atom is -0.479 e. The van der Waals surface area contributed by atoms with Crippen molar-refractivity contribution in [1.29, 1.82) is 5.26 Å². The van der Waals surface area contributed by atoms with Crippen molar-refractivity contribution in [2.75, 3.05) is 7.11 Å². The Balaban J connectivity index is 2.60. The monoisotopic (exact) mass is 276 g/mol. The first-order valence-electron chi connectivity index (χ1n) is 6.04. The van der Waals surface area contributed by atoms with Crippen molar-refractivity contribution in [3.05, 3.63) is 35.4 Å². The summed E-state index contributed by atoms with van der Waals surface area (Å²) >= 11 is 0. The normalized spacial score (nSPS) is 13.1. The van der Waals surface area contributed by atoms with Crippen LogP contribution in [0.25, 0.3) is 0 Å². The lowest BCUT2D eigenvalue weighted by Crippen LogP contribution is -2.37. The zero-order chi connectivity index (χ0) is 15.1. The molecule has 0 bridgehead atoms. The fourth-order valence-corrected chi connectivity index (χ4v) is 1.68. The fourth-order valence-electron chi connectivity index (χ4n) is 1.68. The fraction of sp³-hybridized carbons (Fsp3) is 0.357. The number of carboxylic acids is 1. The number of ether oxygens (including phenoxy) is 1. The van der Waals surface area contributed by atoms with Crippen LogP contribution in [0.15, 0.2) is 24.3 Å². The number of carbonyl (C=O) groups is 2. The summed E-state index contributed by atoms with van der Waals surface area (Å²) in [5, 5.41) is 20.2. The Bertz CT molecular complexity index is 519. The number of hydrogen-bond donors (Lipinski definition) is 2. The van der Waals surface area contributed by atoms with Crippen molar-refractivity contribution < 1.29 is 19.4 Å². The lowest BCUT2D eigenvalue weighted by atomic mass is 10.1. The van der Waals surface area contributed by atoms with Crippen LogP contribution >= 0.6 is 0 Å². The van der Waals surface area contributed by atoms with E-state index < -0.39 is 12.1 Å². The maximum Gasteiger partial charge on any atom is 0.332 e. The van der Waals surface area contributed by atoms with E-state index in [2.05, 4.69) is 5.32 Å². The maximum atomic E-state index is 11.9. The third kappa shape index (κ3) is 4.37. The van der Waals surface area contributed by atoms with Crippen LogP contribution in [-0.4, -0.2) is 36.2 Å². The van der Waals surface area contributed by atoms with Gasteiger partial charge in [-0.3, -0.25) is 4.79 Å².